The number of para-hydroxylation sites is 2. The number of aromatic nitrogens is 2. The number of hydrogen-bond acceptors (Lipinski definition) is 6. The summed E-state index contributed by atoms with van der Waals surface area (Å²) in [5.41, 5.74) is 5.37. The molecule has 0 radical (unpaired) electrons. The summed E-state index contributed by atoms with van der Waals surface area (Å²) in [6.07, 6.45) is 1.64. The molecule has 1 aromatic carbocycles. The van der Waals surface area contributed by atoms with Crippen LogP contribution in [0.4, 0.5) is 11.5 Å². The van der Waals surface area contributed by atoms with Crippen molar-refractivity contribution in [2.24, 2.45) is 0 Å². The van der Waals surface area contributed by atoms with E-state index in [4.69, 9.17) is 10.5 Å². The quantitative estimate of drug-likeness (QED) is 0.785. The van der Waals surface area contributed by atoms with E-state index in [1.165, 1.54) is 4.57 Å². The Kier molecular flexibility index (Phi) is 3.60. The molecule has 0 bridgehead atoms. The summed E-state index contributed by atoms with van der Waals surface area (Å²) >= 11 is 0. The summed E-state index contributed by atoms with van der Waals surface area (Å²) in [5, 5.41) is 0. The summed E-state index contributed by atoms with van der Waals surface area (Å²) in [6, 6.07) is 7.39. The van der Waals surface area contributed by atoms with Crippen LogP contribution in [-0.4, -0.2) is 35.0 Å². The molecule has 0 atom stereocenters. The smallest absolute Gasteiger partial charge is 0.330 e. The Morgan fingerprint density at radius 1 is 1.28 bits per heavy atom. The maximum absolute atomic E-state index is 12.8. The van der Waals surface area contributed by atoms with Crippen LogP contribution in [0.2, 0.25) is 0 Å². The fourth-order valence-corrected chi connectivity index (χ4v) is 3.17. The van der Waals surface area contributed by atoms with Crippen LogP contribution in [0.5, 0.6) is 5.75 Å². The van der Waals surface area contributed by atoms with Gasteiger partial charge in [0.1, 0.15) is 23.7 Å². The Hall–Kier alpha value is -3.03. The lowest BCUT2D eigenvalue weighted by Crippen LogP contribution is -2.41. The van der Waals surface area contributed by atoms with Gasteiger partial charge in [0.2, 0.25) is 0 Å². The minimum absolute atomic E-state index is 0.00345. The first-order valence-electron chi connectivity index (χ1n) is 8.20. The highest BCUT2D eigenvalue weighted by molar-refractivity contribution is 6.02. The van der Waals surface area contributed by atoms with Crippen molar-refractivity contribution in [3.8, 4) is 5.75 Å². The number of rotatable bonds is 4. The Morgan fingerprint density at radius 2 is 2.04 bits per heavy atom. The molecule has 8 heteroatoms. The average molecular weight is 342 g/mol. The molecule has 1 saturated carbocycles. The first-order chi connectivity index (χ1) is 12.1. The molecule has 2 aromatic rings. The molecule has 1 aromatic heterocycles. The van der Waals surface area contributed by atoms with E-state index in [9.17, 15) is 14.4 Å². The number of ether oxygens (including phenoxy) is 1. The number of fused-ring (bicyclic) bond motifs is 1. The van der Waals surface area contributed by atoms with Crippen molar-refractivity contribution in [1.29, 1.82) is 0 Å². The number of anilines is 2. The van der Waals surface area contributed by atoms with Crippen molar-refractivity contribution in [2.75, 3.05) is 30.3 Å². The van der Waals surface area contributed by atoms with Gasteiger partial charge in [-0.15, -0.1) is 0 Å². The van der Waals surface area contributed by atoms with Crippen molar-refractivity contribution < 1.29 is 9.53 Å². The molecule has 0 amide bonds. The second-order valence-corrected chi connectivity index (χ2v) is 6.28. The van der Waals surface area contributed by atoms with Crippen LogP contribution < -0.4 is 26.6 Å². The fourth-order valence-electron chi connectivity index (χ4n) is 3.17. The molecule has 2 heterocycles. The molecule has 0 spiro atoms. The minimum atomic E-state index is -0.731. The molecule has 3 N–H and O–H groups in total. The van der Waals surface area contributed by atoms with Crippen LogP contribution in [0.1, 0.15) is 29.2 Å². The molecule has 8 nitrogen and oxygen atoms in total. The number of H-pyrrole nitrogens is 1. The predicted octanol–water partition coefficient (Wildman–Crippen LogP) is 0.535. The second kappa shape index (κ2) is 5.80. The highest BCUT2D eigenvalue weighted by Crippen LogP contribution is 2.35. The summed E-state index contributed by atoms with van der Waals surface area (Å²) in [6.45, 7) is 0.983. The topological polar surface area (TPSA) is 110 Å². The van der Waals surface area contributed by atoms with Gasteiger partial charge in [-0.25, -0.2) is 4.79 Å². The molecule has 1 aliphatic heterocycles. The van der Waals surface area contributed by atoms with Gasteiger partial charge in [-0.1, -0.05) is 12.1 Å². The molecular weight excluding hydrogens is 324 g/mol. The van der Waals surface area contributed by atoms with Gasteiger partial charge in [0.05, 0.1) is 18.8 Å². The number of carbonyl (C=O) groups is 1. The standard InChI is InChI=1S/C17H18N4O4/c18-15-14(16(23)19-17(24)21(15)10-5-6-10)12(22)9-20-7-8-25-13-4-2-1-3-11(13)20/h1-4,10H,5-9,18H2,(H,19,23,24). The zero-order chi connectivity index (χ0) is 17.6. The Bertz CT molecular complexity index is 958. The van der Waals surface area contributed by atoms with E-state index in [1.807, 2.05) is 29.2 Å². The van der Waals surface area contributed by atoms with Gasteiger partial charge in [0.15, 0.2) is 5.78 Å². The number of nitrogens with one attached hydrogen (secondary N) is 1. The zero-order valence-corrected chi connectivity index (χ0v) is 13.5. The van der Waals surface area contributed by atoms with Crippen LogP contribution in [0.25, 0.3) is 0 Å². The van der Waals surface area contributed by atoms with Crippen molar-refractivity contribution in [3.05, 3.63) is 50.7 Å². The average Bonchev–Trinajstić information content (AvgIpc) is 3.39. The Balaban J connectivity index is 1.68. The Morgan fingerprint density at radius 3 is 2.80 bits per heavy atom. The molecule has 25 heavy (non-hydrogen) atoms. The number of benzene rings is 1. The van der Waals surface area contributed by atoms with Gasteiger partial charge < -0.3 is 15.4 Å². The van der Waals surface area contributed by atoms with E-state index < -0.39 is 17.0 Å². The van der Waals surface area contributed by atoms with Crippen molar-refractivity contribution >= 4 is 17.3 Å². The molecule has 0 unspecified atom stereocenters. The minimum Gasteiger partial charge on any atom is -0.490 e. The van der Waals surface area contributed by atoms with Crippen LogP contribution in [0.3, 0.4) is 0 Å². The highest BCUT2D eigenvalue weighted by atomic mass is 16.5. The van der Waals surface area contributed by atoms with E-state index in [1.54, 1.807) is 0 Å². The van der Waals surface area contributed by atoms with E-state index >= 15 is 0 Å². The lowest BCUT2D eigenvalue weighted by molar-refractivity contribution is 0.0995. The number of nitrogens with two attached hydrogens (primary N) is 1. The first-order valence-corrected chi connectivity index (χ1v) is 8.20. The van der Waals surface area contributed by atoms with Crippen LogP contribution in [-0.2, 0) is 0 Å². The van der Waals surface area contributed by atoms with E-state index in [0.29, 0.717) is 18.9 Å². The molecule has 4 rings (SSSR count). The third-order valence-corrected chi connectivity index (χ3v) is 4.53. The maximum Gasteiger partial charge on any atom is 0.330 e. The summed E-state index contributed by atoms with van der Waals surface area (Å²) in [5.74, 6) is 0.249. The number of nitrogens with zero attached hydrogens (tertiary/aromatic N) is 2. The van der Waals surface area contributed by atoms with Crippen molar-refractivity contribution in [3.63, 3.8) is 0 Å². The van der Waals surface area contributed by atoms with Gasteiger partial charge >= 0.3 is 5.69 Å². The molecule has 1 fully saturated rings. The first kappa shape index (κ1) is 15.5. The van der Waals surface area contributed by atoms with Gasteiger partial charge in [0, 0.05) is 6.04 Å². The van der Waals surface area contributed by atoms with Gasteiger partial charge in [-0.3, -0.25) is 19.1 Å². The third-order valence-electron chi connectivity index (χ3n) is 4.53. The summed E-state index contributed by atoms with van der Waals surface area (Å²) in [7, 11) is 0. The predicted molar refractivity (Wildman–Crippen MR) is 92.5 cm³/mol. The van der Waals surface area contributed by atoms with Crippen molar-refractivity contribution in [2.45, 2.75) is 18.9 Å². The van der Waals surface area contributed by atoms with Gasteiger partial charge in [-0.2, -0.15) is 0 Å². The zero-order valence-electron chi connectivity index (χ0n) is 13.5. The monoisotopic (exact) mass is 342 g/mol. The maximum atomic E-state index is 12.8. The lowest BCUT2D eigenvalue weighted by atomic mass is 10.1. The number of Topliss-reactive ketones (excluding diaryl/α,β-unsaturated/α-hetero) is 1. The highest BCUT2D eigenvalue weighted by Gasteiger charge is 2.31. The van der Waals surface area contributed by atoms with E-state index in [0.717, 1.165) is 18.5 Å². The number of ketones is 1. The lowest BCUT2D eigenvalue weighted by Gasteiger charge is -2.30. The summed E-state index contributed by atoms with van der Waals surface area (Å²) < 4.78 is 6.89. The van der Waals surface area contributed by atoms with Crippen LogP contribution in [0, 0.1) is 0 Å². The molecule has 0 saturated heterocycles. The largest absolute Gasteiger partial charge is 0.490 e. The number of carbonyl (C=O) groups excluding carboxylic acids is 1. The van der Waals surface area contributed by atoms with E-state index in [-0.39, 0.29) is 24.0 Å². The number of nitrogen functional groups attached to an aromatic ring is 1. The van der Waals surface area contributed by atoms with Crippen molar-refractivity contribution in [1.82, 2.24) is 9.55 Å². The SMILES string of the molecule is Nc1c(C(=O)CN2CCOc3ccccc32)c(=O)[nH]c(=O)n1C1CC1. The molecule has 1 aliphatic carbocycles. The fraction of sp³-hybridized carbons (Fsp3) is 0.353. The Labute approximate surface area is 142 Å². The van der Waals surface area contributed by atoms with Crippen LogP contribution >= 0.6 is 0 Å². The third kappa shape index (κ3) is 2.69. The van der Waals surface area contributed by atoms with Crippen LogP contribution in [0.15, 0.2) is 33.9 Å². The summed E-state index contributed by atoms with van der Waals surface area (Å²) in [4.78, 5) is 41.0. The molecule has 130 valence electrons. The van der Waals surface area contributed by atoms with Gasteiger partial charge in [-0.05, 0) is 25.0 Å². The number of hydrogen-bond donors (Lipinski definition) is 2. The molecular formula is C17H18N4O4. The van der Waals surface area contributed by atoms with Gasteiger partial charge in [0.25, 0.3) is 5.56 Å². The van der Waals surface area contributed by atoms with E-state index in [2.05, 4.69) is 4.98 Å². The molecule has 2 aliphatic rings. The number of aromatic amines is 1. The normalized spacial score (nSPS) is 16.2. The second-order valence-electron chi connectivity index (χ2n) is 6.28.